The van der Waals surface area contributed by atoms with Crippen LogP contribution in [0.2, 0.25) is 10.3 Å². The normalized spacial score (nSPS) is 12.8. The number of nitrogens with zero attached hydrogens (tertiary/aromatic N) is 5. The summed E-state index contributed by atoms with van der Waals surface area (Å²) in [5, 5.41) is 4.90. The van der Waals surface area contributed by atoms with E-state index in [0.717, 1.165) is 5.56 Å². The highest BCUT2D eigenvalue weighted by molar-refractivity contribution is 6.34. The van der Waals surface area contributed by atoms with Gasteiger partial charge in [-0.3, -0.25) is 4.98 Å². The molecule has 3 heterocycles. The van der Waals surface area contributed by atoms with E-state index in [0.29, 0.717) is 21.5 Å². The molecule has 0 aromatic carbocycles. The van der Waals surface area contributed by atoms with Crippen LogP contribution in [0, 0.1) is 0 Å². The molecule has 0 aliphatic rings. The van der Waals surface area contributed by atoms with Gasteiger partial charge in [0.1, 0.15) is 10.7 Å². The van der Waals surface area contributed by atoms with Crippen LogP contribution >= 0.6 is 23.2 Å². The summed E-state index contributed by atoms with van der Waals surface area (Å²) in [6.45, 7) is 1.99. The van der Waals surface area contributed by atoms with E-state index >= 15 is 0 Å². The molecule has 0 fully saturated rings. The molecule has 0 saturated heterocycles. The molecule has 3 aromatic rings. The van der Waals surface area contributed by atoms with E-state index in [4.69, 9.17) is 23.2 Å². The summed E-state index contributed by atoms with van der Waals surface area (Å²) in [5.74, 6) is 0. The lowest BCUT2D eigenvalue weighted by Crippen LogP contribution is -2.09. The Bertz CT molecular complexity index is 726. The summed E-state index contributed by atoms with van der Waals surface area (Å²) in [5.41, 5.74) is 2.11. The van der Waals surface area contributed by atoms with Crippen molar-refractivity contribution in [1.29, 1.82) is 0 Å². The van der Waals surface area contributed by atoms with E-state index in [1.807, 2.05) is 19.1 Å². The predicted octanol–water partition coefficient (Wildman–Crippen LogP) is 3.14. The van der Waals surface area contributed by atoms with Crippen molar-refractivity contribution in [3.63, 3.8) is 0 Å². The molecule has 3 rings (SSSR count). The number of hydrogen-bond acceptors (Lipinski definition) is 4. The molecule has 5 nitrogen and oxygen atoms in total. The Hall–Kier alpha value is -1.72. The smallest absolute Gasteiger partial charge is 0.180 e. The first-order chi connectivity index (χ1) is 9.16. The highest BCUT2D eigenvalue weighted by Crippen LogP contribution is 2.26. The summed E-state index contributed by atoms with van der Waals surface area (Å²) in [4.78, 5) is 12.5. The number of fused-ring (bicyclic) bond motifs is 1. The number of hydrogen-bond donors (Lipinski definition) is 0. The highest BCUT2D eigenvalue weighted by Gasteiger charge is 2.17. The molecule has 3 aromatic heterocycles. The Labute approximate surface area is 119 Å². The maximum atomic E-state index is 6.07. The van der Waals surface area contributed by atoms with Crippen molar-refractivity contribution in [2.75, 3.05) is 0 Å². The molecule has 1 unspecified atom stereocenters. The monoisotopic (exact) mass is 293 g/mol. The van der Waals surface area contributed by atoms with Crippen molar-refractivity contribution in [2.24, 2.45) is 0 Å². The first-order valence-corrected chi connectivity index (χ1v) is 6.38. The van der Waals surface area contributed by atoms with E-state index in [1.165, 1.54) is 6.20 Å². The maximum Gasteiger partial charge on any atom is 0.180 e. The van der Waals surface area contributed by atoms with Crippen LogP contribution in [0.15, 0.2) is 30.7 Å². The van der Waals surface area contributed by atoms with Gasteiger partial charge in [-0.15, -0.1) is 0 Å². The average Bonchev–Trinajstić information content (AvgIpc) is 2.75. The number of halogens is 2. The fourth-order valence-electron chi connectivity index (χ4n) is 1.89. The van der Waals surface area contributed by atoms with Crippen LogP contribution in [0.5, 0.6) is 0 Å². The second kappa shape index (κ2) is 4.75. The van der Waals surface area contributed by atoms with E-state index in [9.17, 15) is 0 Å². The molecule has 0 spiro atoms. The van der Waals surface area contributed by atoms with Crippen LogP contribution in [0.4, 0.5) is 0 Å². The first kappa shape index (κ1) is 12.3. The average molecular weight is 294 g/mol. The SMILES string of the molecule is CC(c1cccnc1)n1nc(Cl)c2ncc(Cl)nc21. The molecule has 7 heteroatoms. The zero-order valence-corrected chi connectivity index (χ0v) is 11.5. The molecule has 0 N–H and O–H groups in total. The van der Waals surface area contributed by atoms with Crippen LogP contribution in [0.1, 0.15) is 18.5 Å². The zero-order valence-electron chi connectivity index (χ0n) is 9.96. The number of aromatic nitrogens is 5. The molecule has 96 valence electrons. The number of rotatable bonds is 2. The molecular weight excluding hydrogens is 285 g/mol. The van der Waals surface area contributed by atoms with Crippen molar-refractivity contribution in [3.05, 3.63) is 46.6 Å². The molecule has 19 heavy (non-hydrogen) atoms. The van der Waals surface area contributed by atoms with Gasteiger partial charge in [0.15, 0.2) is 10.8 Å². The molecule has 0 radical (unpaired) electrons. The van der Waals surface area contributed by atoms with Gasteiger partial charge in [0.2, 0.25) is 0 Å². The van der Waals surface area contributed by atoms with Gasteiger partial charge in [0, 0.05) is 12.4 Å². The Morgan fingerprint density at radius 2 is 2.11 bits per heavy atom. The molecule has 0 amide bonds. The Morgan fingerprint density at radius 1 is 1.26 bits per heavy atom. The Balaban J connectivity index is 2.17. The quantitative estimate of drug-likeness (QED) is 0.728. The van der Waals surface area contributed by atoms with Gasteiger partial charge in [-0.05, 0) is 18.6 Å². The van der Waals surface area contributed by atoms with Crippen molar-refractivity contribution in [3.8, 4) is 0 Å². The van der Waals surface area contributed by atoms with Crippen LogP contribution in [-0.2, 0) is 0 Å². The summed E-state index contributed by atoms with van der Waals surface area (Å²) in [6, 6.07) is 3.78. The molecule has 0 saturated carbocycles. The minimum absolute atomic E-state index is 0.0588. The molecule has 0 aliphatic heterocycles. The summed E-state index contributed by atoms with van der Waals surface area (Å²) in [7, 11) is 0. The van der Waals surface area contributed by atoms with Gasteiger partial charge in [-0.2, -0.15) is 5.10 Å². The van der Waals surface area contributed by atoms with Gasteiger partial charge in [-0.25, -0.2) is 14.6 Å². The lowest BCUT2D eigenvalue weighted by molar-refractivity contribution is 0.577. The van der Waals surface area contributed by atoms with Gasteiger partial charge < -0.3 is 0 Å². The Morgan fingerprint density at radius 3 is 2.84 bits per heavy atom. The highest BCUT2D eigenvalue weighted by atomic mass is 35.5. The lowest BCUT2D eigenvalue weighted by atomic mass is 10.1. The molecular formula is C12H9Cl2N5. The van der Waals surface area contributed by atoms with Gasteiger partial charge in [-0.1, -0.05) is 29.3 Å². The predicted molar refractivity (Wildman–Crippen MR) is 73.4 cm³/mol. The van der Waals surface area contributed by atoms with Crippen molar-refractivity contribution >= 4 is 34.4 Å². The van der Waals surface area contributed by atoms with Crippen LogP contribution in [-0.4, -0.2) is 24.7 Å². The molecule has 1 atom stereocenters. The van der Waals surface area contributed by atoms with Crippen LogP contribution < -0.4 is 0 Å². The fourth-order valence-corrected chi connectivity index (χ4v) is 2.23. The van der Waals surface area contributed by atoms with Gasteiger partial charge in [0.05, 0.1) is 12.2 Å². The maximum absolute atomic E-state index is 6.07. The summed E-state index contributed by atoms with van der Waals surface area (Å²) in [6.07, 6.45) is 4.96. The van der Waals surface area contributed by atoms with E-state index in [2.05, 4.69) is 20.1 Å². The van der Waals surface area contributed by atoms with Crippen molar-refractivity contribution in [2.45, 2.75) is 13.0 Å². The van der Waals surface area contributed by atoms with E-state index < -0.39 is 0 Å². The second-order valence-corrected chi connectivity index (χ2v) is 4.81. The fraction of sp³-hybridized carbons (Fsp3) is 0.167. The molecule has 0 aliphatic carbocycles. The zero-order chi connectivity index (χ0) is 13.4. The third-order valence-corrected chi connectivity index (χ3v) is 3.30. The topological polar surface area (TPSA) is 56.5 Å². The van der Waals surface area contributed by atoms with Crippen LogP contribution in [0.3, 0.4) is 0 Å². The number of pyridine rings is 1. The summed E-state index contributed by atoms with van der Waals surface area (Å²) < 4.78 is 1.70. The van der Waals surface area contributed by atoms with E-state index in [1.54, 1.807) is 17.1 Å². The summed E-state index contributed by atoms with van der Waals surface area (Å²) >= 11 is 11.9. The van der Waals surface area contributed by atoms with Crippen LogP contribution in [0.25, 0.3) is 11.2 Å². The van der Waals surface area contributed by atoms with Crippen molar-refractivity contribution < 1.29 is 0 Å². The van der Waals surface area contributed by atoms with Crippen molar-refractivity contribution in [1.82, 2.24) is 24.7 Å². The lowest BCUT2D eigenvalue weighted by Gasteiger charge is -2.12. The largest absolute Gasteiger partial charge is 0.264 e. The third-order valence-electron chi connectivity index (χ3n) is 2.87. The van der Waals surface area contributed by atoms with Gasteiger partial charge >= 0.3 is 0 Å². The minimum Gasteiger partial charge on any atom is -0.264 e. The first-order valence-electron chi connectivity index (χ1n) is 5.63. The Kier molecular flexibility index (Phi) is 3.08. The molecule has 0 bridgehead atoms. The standard InChI is InChI=1S/C12H9Cl2N5/c1-7(8-3-2-4-15-5-8)19-12-10(11(14)18-19)16-6-9(13)17-12/h2-7H,1H3. The second-order valence-electron chi connectivity index (χ2n) is 4.06. The van der Waals surface area contributed by atoms with Gasteiger partial charge in [0.25, 0.3) is 0 Å². The van der Waals surface area contributed by atoms with E-state index in [-0.39, 0.29) is 6.04 Å². The third kappa shape index (κ3) is 2.15. The minimum atomic E-state index is -0.0588.